The van der Waals surface area contributed by atoms with Gasteiger partial charge in [-0.1, -0.05) is 37.8 Å². The van der Waals surface area contributed by atoms with E-state index in [4.69, 9.17) is 4.74 Å². The van der Waals surface area contributed by atoms with Crippen molar-refractivity contribution in [2.24, 2.45) is 0 Å². The van der Waals surface area contributed by atoms with Gasteiger partial charge in [-0.2, -0.15) is 0 Å². The Balaban J connectivity index is 1.97. The minimum absolute atomic E-state index is 0.0717. The molecule has 0 bridgehead atoms. The zero-order valence-corrected chi connectivity index (χ0v) is 13.6. The highest BCUT2D eigenvalue weighted by molar-refractivity contribution is 7.99. The average Bonchev–Trinajstić information content (AvgIpc) is 2.76. The Hall–Kier alpha value is -1.00. The largest absolute Gasteiger partial charge is 0.384 e. The van der Waals surface area contributed by atoms with E-state index in [9.17, 15) is 4.79 Å². The number of hydrogen-bond acceptors (Lipinski definition) is 3. The zero-order chi connectivity index (χ0) is 14.9. The second-order valence-electron chi connectivity index (χ2n) is 5.50. The van der Waals surface area contributed by atoms with Gasteiger partial charge in [0.25, 0.3) is 5.91 Å². The van der Waals surface area contributed by atoms with Crippen LogP contribution in [0.1, 0.15) is 48.9 Å². The van der Waals surface area contributed by atoms with Crippen molar-refractivity contribution in [2.45, 2.75) is 49.5 Å². The molecule has 1 saturated carbocycles. The van der Waals surface area contributed by atoms with Crippen LogP contribution in [0.3, 0.4) is 0 Å². The summed E-state index contributed by atoms with van der Waals surface area (Å²) in [6, 6.07) is 8.20. The number of benzene rings is 1. The minimum Gasteiger partial charge on any atom is -0.384 e. The molecule has 0 unspecified atom stereocenters. The van der Waals surface area contributed by atoms with Crippen molar-refractivity contribution in [3.8, 4) is 0 Å². The molecular formula is C17H25NO2S. The van der Waals surface area contributed by atoms with Gasteiger partial charge in [-0.05, 0) is 25.0 Å². The highest BCUT2D eigenvalue weighted by Gasteiger charge is 2.17. The minimum atomic E-state index is 0.0717. The molecule has 1 amide bonds. The summed E-state index contributed by atoms with van der Waals surface area (Å²) < 4.78 is 5.08. The molecule has 116 valence electrons. The molecule has 0 aromatic heterocycles. The zero-order valence-electron chi connectivity index (χ0n) is 12.8. The number of hydrogen-bond donors (Lipinski definition) is 1. The van der Waals surface area contributed by atoms with Crippen LogP contribution in [0.4, 0.5) is 0 Å². The van der Waals surface area contributed by atoms with Gasteiger partial charge in [0.05, 0.1) is 12.2 Å². The Morgan fingerprint density at radius 2 is 1.95 bits per heavy atom. The molecular weight excluding hydrogens is 282 g/mol. The Kier molecular flexibility index (Phi) is 7.10. The molecule has 2 rings (SSSR count). The van der Waals surface area contributed by atoms with Crippen LogP contribution in [0.15, 0.2) is 29.2 Å². The fraction of sp³-hybridized carbons (Fsp3) is 0.588. The molecule has 0 saturated heterocycles. The highest BCUT2D eigenvalue weighted by atomic mass is 32.2. The van der Waals surface area contributed by atoms with Gasteiger partial charge in [-0.25, -0.2) is 0 Å². The first-order valence-electron chi connectivity index (χ1n) is 7.83. The number of amides is 1. The third-order valence-corrected chi connectivity index (χ3v) is 4.90. The summed E-state index contributed by atoms with van der Waals surface area (Å²) in [6.45, 7) is 0.698. The van der Waals surface area contributed by atoms with E-state index in [0.717, 1.165) is 29.1 Å². The maximum Gasteiger partial charge on any atom is 0.252 e. The first kappa shape index (κ1) is 16.4. The molecule has 0 atom stereocenters. The number of ether oxygens (including phenoxy) is 1. The Bertz CT molecular complexity index is 442. The molecule has 1 aromatic rings. The SMILES string of the molecule is COCCSc1ccccc1C(=O)NC1CCCCCC1. The molecule has 21 heavy (non-hydrogen) atoms. The van der Waals surface area contributed by atoms with E-state index in [0.29, 0.717) is 12.6 Å². The van der Waals surface area contributed by atoms with Crippen LogP contribution in [0, 0.1) is 0 Å². The predicted octanol–water partition coefficient (Wildman–Crippen LogP) is 3.88. The normalized spacial score (nSPS) is 16.4. The van der Waals surface area contributed by atoms with Crippen molar-refractivity contribution >= 4 is 17.7 Å². The van der Waals surface area contributed by atoms with Crippen LogP contribution in [-0.2, 0) is 4.74 Å². The molecule has 1 aliphatic carbocycles. The number of nitrogens with one attached hydrogen (secondary N) is 1. The van der Waals surface area contributed by atoms with Crippen LogP contribution < -0.4 is 5.32 Å². The lowest BCUT2D eigenvalue weighted by molar-refractivity contribution is 0.0930. The third kappa shape index (κ3) is 5.36. The molecule has 0 aliphatic heterocycles. The smallest absolute Gasteiger partial charge is 0.252 e. The average molecular weight is 307 g/mol. The van der Waals surface area contributed by atoms with Crippen LogP contribution in [0.2, 0.25) is 0 Å². The molecule has 0 spiro atoms. The molecule has 4 heteroatoms. The second kappa shape index (κ2) is 9.11. The Morgan fingerprint density at radius 3 is 2.67 bits per heavy atom. The fourth-order valence-corrected chi connectivity index (χ4v) is 3.66. The first-order valence-corrected chi connectivity index (χ1v) is 8.81. The van der Waals surface area contributed by atoms with Crippen molar-refractivity contribution in [3.05, 3.63) is 29.8 Å². The molecule has 1 aliphatic rings. The topological polar surface area (TPSA) is 38.3 Å². The predicted molar refractivity (Wildman–Crippen MR) is 88.0 cm³/mol. The number of rotatable bonds is 6. The summed E-state index contributed by atoms with van der Waals surface area (Å²) in [5.41, 5.74) is 0.794. The molecule has 0 radical (unpaired) electrons. The third-order valence-electron chi connectivity index (χ3n) is 3.87. The van der Waals surface area contributed by atoms with E-state index in [1.807, 2.05) is 24.3 Å². The summed E-state index contributed by atoms with van der Waals surface area (Å²) in [5, 5.41) is 3.22. The summed E-state index contributed by atoms with van der Waals surface area (Å²) in [5.74, 6) is 0.937. The summed E-state index contributed by atoms with van der Waals surface area (Å²) in [6.07, 6.45) is 7.30. The lowest BCUT2D eigenvalue weighted by Gasteiger charge is -2.17. The monoisotopic (exact) mass is 307 g/mol. The molecule has 0 heterocycles. The molecule has 1 aromatic carbocycles. The van der Waals surface area contributed by atoms with Gasteiger partial charge < -0.3 is 10.1 Å². The number of methoxy groups -OCH3 is 1. The standard InChI is InChI=1S/C17H25NO2S/c1-20-12-13-21-16-11-7-6-10-15(16)17(19)18-14-8-4-2-3-5-9-14/h6-7,10-11,14H,2-5,8-9,12-13H2,1H3,(H,18,19). The Labute approximate surface area is 131 Å². The van der Waals surface area contributed by atoms with Gasteiger partial charge >= 0.3 is 0 Å². The summed E-state index contributed by atoms with van der Waals surface area (Å²) >= 11 is 1.68. The maximum atomic E-state index is 12.5. The van der Waals surface area contributed by atoms with E-state index in [2.05, 4.69) is 5.32 Å². The van der Waals surface area contributed by atoms with E-state index in [-0.39, 0.29) is 5.91 Å². The van der Waals surface area contributed by atoms with Gasteiger partial charge in [0.1, 0.15) is 0 Å². The van der Waals surface area contributed by atoms with Gasteiger partial charge in [-0.15, -0.1) is 11.8 Å². The van der Waals surface area contributed by atoms with E-state index >= 15 is 0 Å². The van der Waals surface area contributed by atoms with Crippen LogP contribution in [-0.4, -0.2) is 31.4 Å². The number of thioether (sulfide) groups is 1. The highest BCUT2D eigenvalue weighted by Crippen LogP contribution is 2.23. The number of carbonyl (C=O) groups is 1. The first-order chi connectivity index (χ1) is 10.3. The van der Waals surface area contributed by atoms with Crippen LogP contribution >= 0.6 is 11.8 Å². The van der Waals surface area contributed by atoms with Gasteiger partial charge in [-0.3, -0.25) is 4.79 Å². The summed E-state index contributed by atoms with van der Waals surface area (Å²) in [4.78, 5) is 13.6. The van der Waals surface area contributed by atoms with E-state index in [1.165, 1.54) is 25.7 Å². The van der Waals surface area contributed by atoms with Gasteiger partial charge in [0.15, 0.2) is 0 Å². The maximum absolute atomic E-state index is 12.5. The van der Waals surface area contributed by atoms with Crippen molar-refractivity contribution in [2.75, 3.05) is 19.5 Å². The van der Waals surface area contributed by atoms with Crippen molar-refractivity contribution in [3.63, 3.8) is 0 Å². The molecule has 1 N–H and O–H groups in total. The van der Waals surface area contributed by atoms with Crippen LogP contribution in [0.5, 0.6) is 0 Å². The lowest BCUT2D eigenvalue weighted by Crippen LogP contribution is -2.34. The van der Waals surface area contributed by atoms with Crippen molar-refractivity contribution in [1.29, 1.82) is 0 Å². The fourth-order valence-electron chi connectivity index (χ4n) is 2.70. The van der Waals surface area contributed by atoms with Gasteiger partial charge in [0.2, 0.25) is 0 Å². The van der Waals surface area contributed by atoms with Gasteiger partial charge in [0, 0.05) is 23.8 Å². The van der Waals surface area contributed by atoms with Crippen LogP contribution in [0.25, 0.3) is 0 Å². The quantitative estimate of drug-likeness (QED) is 0.492. The Morgan fingerprint density at radius 1 is 1.24 bits per heavy atom. The molecule has 3 nitrogen and oxygen atoms in total. The molecule has 1 fully saturated rings. The van der Waals surface area contributed by atoms with E-state index < -0.39 is 0 Å². The van der Waals surface area contributed by atoms with Crippen molar-refractivity contribution < 1.29 is 9.53 Å². The lowest BCUT2D eigenvalue weighted by atomic mass is 10.1. The summed E-state index contributed by atoms with van der Waals surface area (Å²) in [7, 11) is 1.70. The second-order valence-corrected chi connectivity index (χ2v) is 6.64. The number of carbonyl (C=O) groups excluding carboxylic acids is 1. The van der Waals surface area contributed by atoms with E-state index in [1.54, 1.807) is 18.9 Å². The van der Waals surface area contributed by atoms with Crippen molar-refractivity contribution in [1.82, 2.24) is 5.32 Å².